The van der Waals surface area contributed by atoms with Gasteiger partial charge >= 0.3 is 19.8 Å². The van der Waals surface area contributed by atoms with Crippen molar-refractivity contribution in [2.75, 3.05) is 26.4 Å². The van der Waals surface area contributed by atoms with Gasteiger partial charge in [0.15, 0.2) is 6.10 Å². The van der Waals surface area contributed by atoms with Crippen molar-refractivity contribution in [1.82, 2.24) is 0 Å². The highest BCUT2D eigenvalue weighted by atomic mass is 31.2. The van der Waals surface area contributed by atoms with Crippen molar-refractivity contribution in [3.63, 3.8) is 0 Å². The molecule has 560 valence electrons. The molecule has 0 aromatic rings. The molecule has 3 N–H and O–H groups in total. The Hall–Kier alpha value is -3.59. The SMILES string of the molecule is CC/C=C\C/C=C\C/C=C\C/C=C\C/C=C\C/C=C\CCCCCCCCCCCCCCCCCCC(=O)OC(COC(=O)CCCCCCCCCCCCCCCCCCCCCCCCCCCCCC/C=C\C/C=C\C/C=C\C/C=C\CC)COP(=O)(O)OCCN. The summed E-state index contributed by atoms with van der Waals surface area (Å²) in [5.41, 5.74) is 5.42. The van der Waals surface area contributed by atoms with Gasteiger partial charge in [0.25, 0.3) is 0 Å². The van der Waals surface area contributed by atoms with E-state index >= 15 is 0 Å². The van der Waals surface area contributed by atoms with Crippen molar-refractivity contribution in [2.45, 2.75) is 392 Å². The van der Waals surface area contributed by atoms with Crippen LogP contribution in [-0.4, -0.2) is 49.3 Å². The summed E-state index contributed by atoms with van der Waals surface area (Å²) in [7, 11) is -4.40. The molecule has 0 fully saturated rings. The van der Waals surface area contributed by atoms with Crippen LogP contribution in [0.5, 0.6) is 0 Å². The number of hydrogen-bond acceptors (Lipinski definition) is 8. The normalized spacial score (nSPS) is 13.5. The number of esters is 2. The molecule has 97 heavy (non-hydrogen) atoms. The minimum atomic E-state index is -4.40. The standard InChI is InChI=1S/C87H154NO8P/c1-3-5-7-9-11-13-15-17-19-21-23-25-27-29-31-33-35-37-39-40-41-42-43-44-46-47-49-51-53-55-57-59-61-63-65-67-69-71-73-75-77-79-86(89)93-83-85(84-95-97(91,92)94-82-81-88)96-87(90)80-78-76-74-72-70-68-66-64-62-60-58-56-54-52-50-48-45-38-36-34-32-30-28-26-24-22-20-18-16-14-12-10-8-6-4-2/h5-8,11-14,17-20,23-26,30,32,36,38,85H,3-4,9-10,15-16,21-22,27-29,31,33-35,37,39-84,88H2,1-2H3,(H,91,92)/b7-5-,8-6-,13-11-,14-12-,19-17-,20-18-,25-23-,26-24-,32-30-,38-36-. The van der Waals surface area contributed by atoms with E-state index in [9.17, 15) is 19.0 Å². The molecule has 0 saturated heterocycles. The summed E-state index contributed by atoms with van der Waals surface area (Å²) in [6.45, 7) is 3.57. The highest BCUT2D eigenvalue weighted by Gasteiger charge is 2.26. The number of ether oxygens (including phenoxy) is 2. The summed E-state index contributed by atoms with van der Waals surface area (Å²) in [5.74, 6) is -0.812. The van der Waals surface area contributed by atoms with Crippen molar-refractivity contribution in [3.05, 3.63) is 122 Å². The van der Waals surface area contributed by atoms with Crippen molar-refractivity contribution in [2.24, 2.45) is 5.73 Å². The van der Waals surface area contributed by atoms with E-state index in [0.29, 0.717) is 6.42 Å². The van der Waals surface area contributed by atoms with Crippen LogP contribution in [0.2, 0.25) is 0 Å². The lowest BCUT2D eigenvalue weighted by molar-refractivity contribution is -0.161. The summed E-state index contributed by atoms with van der Waals surface area (Å²) < 4.78 is 33.3. The van der Waals surface area contributed by atoms with E-state index in [2.05, 4.69) is 135 Å². The summed E-state index contributed by atoms with van der Waals surface area (Å²) in [6.07, 6.45) is 115. The Morgan fingerprint density at radius 2 is 0.536 bits per heavy atom. The number of phosphoric acid groups is 1. The fraction of sp³-hybridized carbons (Fsp3) is 0.747. The molecule has 0 amide bonds. The number of carbonyl (C=O) groups excluding carboxylic acids is 2. The monoisotopic (exact) mass is 1370 g/mol. The summed E-state index contributed by atoms with van der Waals surface area (Å²) in [4.78, 5) is 35.5. The fourth-order valence-corrected chi connectivity index (χ4v) is 12.6. The molecule has 0 rings (SSSR count). The lowest BCUT2D eigenvalue weighted by Gasteiger charge is -2.19. The summed E-state index contributed by atoms with van der Waals surface area (Å²) >= 11 is 0. The van der Waals surface area contributed by atoms with Crippen LogP contribution in [0.1, 0.15) is 386 Å². The van der Waals surface area contributed by atoms with Gasteiger partial charge in [-0.1, -0.05) is 392 Å². The van der Waals surface area contributed by atoms with Gasteiger partial charge in [-0.05, 0) is 103 Å². The predicted octanol–water partition coefficient (Wildman–Crippen LogP) is 27.8. The third-order valence-electron chi connectivity index (χ3n) is 17.8. The van der Waals surface area contributed by atoms with Crippen LogP contribution in [0.3, 0.4) is 0 Å². The highest BCUT2D eigenvalue weighted by molar-refractivity contribution is 7.47. The van der Waals surface area contributed by atoms with Gasteiger partial charge in [-0.15, -0.1) is 0 Å². The van der Waals surface area contributed by atoms with E-state index in [-0.39, 0.29) is 38.6 Å². The Labute approximate surface area is 600 Å². The zero-order valence-corrected chi connectivity index (χ0v) is 64.2. The third kappa shape index (κ3) is 81.3. The summed E-state index contributed by atoms with van der Waals surface area (Å²) in [6, 6.07) is 0. The minimum absolute atomic E-state index is 0.0522. The molecule has 0 radical (unpaired) electrons. The van der Waals surface area contributed by atoms with Gasteiger partial charge < -0.3 is 20.1 Å². The zero-order valence-electron chi connectivity index (χ0n) is 63.3. The van der Waals surface area contributed by atoms with E-state index in [1.165, 1.54) is 250 Å². The number of rotatable bonds is 77. The van der Waals surface area contributed by atoms with Crippen LogP contribution in [0.4, 0.5) is 0 Å². The van der Waals surface area contributed by atoms with E-state index in [1.807, 2.05) is 0 Å². The number of nitrogens with two attached hydrogens (primary N) is 1. The van der Waals surface area contributed by atoms with Gasteiger partial charge in [-0.25, -0.2) is 4.57 Å². The molecular weight excluding hydrogens is 1220 g/mol. The van der Waals surface area contributed by atoms with E-state index in [0.717, 1.165) is 103 Å². The maximum absolute atomic E-state index is 12.8. The zero-order chi connectivity index (χ0) is 70.0. The topological polar surface area (TPSA) is 134 Å². The van der Waals surface area contributed by atoms with Crippen LogP contribution < -0.4 is 5.73 Å². The molecule has 0 aliphatic carbocycles. The van der Waals surface area contributed by atoms with Crippen molar-refractivity contribution < 1.29 is 37.6 Å². The van der Waals surface area contributed by atoms with Crippen LogP contribution in [-0.2, 0) is 32.7 Å². The van der Waals surface area contributed by atoms with Crippen LogP contribution in [0, 0.1) is 0 Å². The second kappa shape index (κ2) is 81.4. The lowest BCUT2D eigenvalue weighted by atomic mass is 10.0. The van der Waals surface area contributed by atoms with Crippen LogP contribution in [0.15, 0.2) is 122 Å². The molecule has 0 aromatic carbocycles. The second-order valence-corrected chi connectivity index (χ2v) is 28.7. The first-order valence-corrected chi connectivity index (χ1v) is 42.5. The largest absolute Gasteiger partial charge is 0.472 e. The molecule has 0 aromatic heterocycles. The van der Waals surface area contributed by atoms with Crippen molar-refractivity contribution in [1.29, 1.82) is 0 Å². The van der Waals surface area contributed by atoms with Crippen molar-refractivity contribution in [3.8, 4) is 0 Å². The molecule has 2 unspecified atom stereocenters. The van der Waals surface area contributed by atoms with Gasteiger partial charge in [0, 0.05) is 19.4 Å². The minimum Gasteiger partial charge on any atom is -0.462 e. The fourth-order valence-electron chi connectivity index (χ4n) is 11.9. The maximum Gasteiger partial charge on any atom is 0.472 e. The Balaban J connectivity index is 3.77. The highest BCUT2D eigenvalue weighted by Crippen LogP contribution is 2.43. The van der Waals surface area contributed by atoms with Crippen molar-refractivity contribution >= 4 is 19.8 Å². The molecule has 0 bridgehead atoms. The van der Waals surface area contributed by atoms with Gasteiger partial charge in [-0.3, -0.25) is 18.6 Å². The van der Waals surface area contributed by atoms with E-state index < -0.39 is 26.5 Å². The van der Waals surface area contributed by atoms with E-state index in [1.54, 1.807) is 0 Å². The molecule has 0 saturated carbocycles. The average Bonchev–Trinajstić information content (AvgIpc) is 2.69. The summed E-state index contributed by atoms with van der Waals surface area (Å²) in [5, 5.41) is 0. The third-order valence-corrected chi connectivity index (χ3v) is 18.8. The molecule has 0 aliphatic heterocycles. The number of unbranched alkanes of at least 4 members (excludes halogenated alkanes) is 44. The Morgan fingerprint density at radius 1 is 0.309 bits per heavy atom. The molecule has 10 heteroatoms. The van der Waals surface area contributed by atoms with E-state index in [4.69, 9.17) is 24.3 Å². The molecular formula is C87H154NO8P. The molecule has 2 atom stereocenters. The first kappa shape index (κ1) is 93.4. The lowest BCUT2D eigenvalue weighted by Crippen LogP contribution is -2.29. The van der Waals surface area contributed by atoms with Gasteiger partial charge in [0.05, 0.1) is 13.2 Å². The number of allylic oxidation sites excluding steroid dienone is 20. The second-order valence-electron chi connectivity index (χ2n) is 27.2. The first-order valence-electron chi connectivity index (χ1n) is 41.0. The van der Waals surface area contributed by atoms with Gasteiger partial charge in [0.1, 0.15) is 6.61 Å². The number of carbonyl (C=O) groups is 2. The predicted molar refractivity (Wildman–Crippen MR) is 422 cm³/mol. The molecule has 0 spiro atoms. The van der Waals surface area contributed by atoms with Gasteiger partial charge in [-0.2, -0.15) is 0 Å². The maximum atomic E-state index is 12.8. The smallest absolute Gasteiger partial charge is 0.462 e. The Morgan fingerprint density at radius 3 is 0.794 bits per heavy atom. The molecule has 0 heterocycles. The van der Waals surface area contributed by atoms with Crippen LogP contribution in [0.25, 0.3) is 0 Å². The number of hydrogen-bond donors (Lipinski definition) is 2. The quantitative estimate of drug-likeness (QED) is 0.0264. The molecule has 9 nitrogen and oxygen atoms in total. The first-order chi connectivity index (χ1) is 47.8. The Kier molecular flexibility index (Phi) is 78.4. The number of phosphoric ester groups is 1. The van der Waals surface area contributed by atoms with Crippen LogP contribution >= 0.6 is 7.82 Å². The Bertz CT molecular complexity index is 2020. The average molecular weight is 1370 g/mol. The van der Waals surface area contributed by atoms with Gasteiger partial charge in [0.2, 0.25) is 0 Å². The molecule has 0 aliphatic rings.